The highest BCUT2D eigenvalue weighted by Crippen LogP contribution is 2.37. The van der Waals surface area contributed by atoms with Crippen molar-refractivity contribution in [2.45, 2.75) is 33.1 Å². The summed E-state index contributed by atoms with van der Waals surface area (Å²) in [5, 5.41) is 0. The molecule has 4 rings (SSSR count). The lowest BCUT2D eigenvalue weighted by Gasteiger charge is -2.18. The molecule has 3 heteroatoms. The molecule has 0 radical (unpaired) electrons. The number of benzene rings is 3. The monoisotopic (exact) mass is 424 g/mol. The van der Waals surface area contributed by atoms with Crippen LogP contribution in [-0.2, 0) is 5.41 Å². The van der Waals surface area contributed by atoms with Gasteiger partial charge < -0.3 is 9.47 Å². The number of carbonyl (C=O) groups is 1. The highest BCUT2D eigenvalue weighted by atomic mass is 16.5. The summed E-state index contributed by atoms with van der Waals surface area (Å²) in [6, 6.07) is 22.0. The number of ketones is 1. The van der Waals surface area contributed by atoms with Crippen molar-refractivity contribution in [1.82, 2.24) is 0 Å². The number of Topliss-reactive ketones (excluding diaryl/α,β-unsaturated/α-hetero) is 1. The summed E-state index contributed by atoms with van der Waals surface area (Å²) in [5.41, 5.74) is 4.86. The summed E-state index contributed by atoms with van der Waals surface area (Å²) in [7, 11) is 0. The predicted octanol–water partition coefficient (Wildman–Crippen LogP) is 7.00. The second kappa shape index (κ2) is 8.88. The molecular formula is C29H28O3. The van der Waals surface area contributed by atoms with Gasteiger partial charge in [-0.3, -0.25) is 4.79 Å². The molecule has 162 valence electrons. The molecule has 0 N–H and O–H groups in total. The zero-order valence-corrected chi connectivity index (χ0v) is 19.0. The number of ether oxygens (including phenoxy) is 2. The minimum absolute atomic E-state index is 0.0887. The SMILES string of the molecule is Cc1cc(OC/C=C/c2ccccc2)cc2c1C(=O)/C(=C/c1ccc(C(C)(C)C)cc1)O2. The fourth-order valence-electron chi connectivity index (χ4n) is 3.68. The minimum atomic E-state index is -0.0899. The van der Waals surface area contributed by atoms with Crippen molar-refractivity contribution in [3.63, 3.8) is 0 Å². The summed E-state index contributed by atoms with van der Waals surface area (Å²) < 4.78 is 11.8. The van der Waals surface area contributed by atoms with E-state index < -0.39 is 0 Å². The number of aryl methyl sites for hydroxylation is 1. The van der Waals surface area contributed by atoms with Crippen molar-refractivity contribution >= 4 is 17.9 Å². The smallest absolute Gasteiger partial charge is 0.232 e. The summed E-state index contributed by atoms with van der Waals surface area (Å²) >= 11 is 0. The summed E-state index contributed by atoms with van der Waals surface area (Å²) in [4.78, 5) is 12.9. The molecule has 0 aromatic heterocycles. The van der Waals surface area contributed by atoms with Gasteiger partial charge in [-0.25, -0.2) is 0 Å². The van der Waals surface area contributed by atoms with Gasteiger partial charge in [-0.15, -0.1) is 0 Å². The second-order valence-corrected chi connectivity index (χ2v) is 9.05. The van der Waals surface area contributed by atoms with Gasteiger partial charge in [0, 0.05) is 6.07 Å². The Kier molecular flexibility index (Phi) is 6.00. The van der Waals surface area contributed by atoms with Crippen molar-refractivity contribution in [2.24, 2.45) is 0 Å². The average Bonchev–Trinajstić information content (AvgIpc) is 3.07. The molecule has 0 unspecified atom stereocenters. The molecule has 0 bridgehead atoms. The summed E-state index contributed by atoms with van der Waals surface area (Å²) in [6.45, 7) is 8.89. The molecule has 1 heterocycles. The first kappa shape index (κ1) is 21.6. The van der Waals surface area contributed by atoms with Crippen LogP contribution in [0.25, 0.3) is 12.2 Å². The molecule has 3 aromatic rings. The van der Waals surface area contributed by atoms with Gasteiger partial charge in [0.25, 0.3) is 0 Å². The summed E-state index contributed by atoms with van der Waals surface area (Å²) in [6.07, 6.45) is 5.79. The van der Waals surface area contributed by atoms with Gasteiger partial charge in [0.15, 0.2) is 5.76 Å². The van der Waals surface area contributed by atoms with E-state index in [0.717, 1.165) is 16.7 Å². The Morgan fingerprint density at radius 2 is 1.66 bits per heavy atom. The van der Waals surface area contributed by atoms with Gasteiger partial charge >= 0.3 is 0 Å². The Morgan fingerprint density at radius 3 is 2.34 bits per heavy atom. The van der Waals surface area contributed by atoms with E-state index in [1.54, 1.807) is 12.1 Å². The number of fused-ring (bicyclic) bond motifs is 1. The normalized spacial score (nSPS) is 14.6. The van der Waals surface area contributed by atoms with Crippen LogP contribution in [0.3, 0.4) is 0 Å². The number of hydrogen-bond acceptors (Lipinski definition) is 3. The molecule has 0 saturated heterocycles. The first-order valence-electron chi connectivity index (χ1n) is 10.8. The lowest BCUT2D eigenvalue weighted by atomic mass is 9.86. The average molecular weight is 425 g/mol. The molecule has 32 heavy (non-hydrogen) atoms. The molecule has 1 aliphatic heterocycles. The molecule has 0 saturated carbocycles. The molecule has 1 aliphatic rings. The van der Waals surface area contributed by atoms with Crippen LogP contribution in [0.4, 0.5) is 0 Å². The minimum Gasteiger partial charge on any atom is -0.489 e. The Bertz CT molecular complexity index is 1180. The van der Waals surface area contributed by atoms with Crippen LogP contribution in [0.1, 0.15) is 53.4 Å². The molecular weight excluding hydrogens is 396 g/mol. The summed E-state index contributed by atoms with van der Waals surface area (Å²) in [5.74, 6) is 1.48. The van der Waals surface area contributed by atoms with Gasteiger partial charge in [0.05, 0.1) is 5.56 Å². The maximum atomic E-state index is 12.9. The third kappa shape index (κ3) is 4.83. The number of rotatable bonds is 5. The third-order valence-electron chi connectivity index (χ3n) is 5.47. The zero-order valence-electron chi connectivity index (χ0n) is 19.0. The topological polar surface area (TPSA) is 35.5 Å². The number of allylic oxidation sites excluding steroid dienone is 1. The molecule has 0 amide bonds. The highest BCUT2D eigenvalue weighted by molar-refractivity contribution is 6.15. The lowest BCUT2D eigenvalue weighted by molar-refractivity contribution is 0.101. The maximum absolute atomic E-state index is 12.9. The van der Waals surface area contributed by atoms with Gasteiger partial charge in [-0.05, 0) is 52.8 Å². The van der Waals surface area contributed by atoms with Crippen LogP contribution in [0.15, 0.2) is 78.6 Å². The van der Waals surface area contributed by atoms with E-state index in [-0.39, 0.29) is 11.2 Å². The van der Waals surface area contributed by atoms with Crippen LogP contribution in [0, 0.1) is 6.92 Å². The largest absolute Gasteiger partial charge is 0.489 e. The van der Waals surface area contributed by atoms with E-state index in [4.69, 9.17) is 9.47 Å². The highest BCUT2D eigenvalue weighted by Gasteiger charge is 2.30. The van der Waals surface area contributed by atoms with Crippen molar-refractivity contribution in [3.8, 4) is 11.5 Å². The van der Waals surface area contributed by atoms with Crippen molar-refractivity contribution in [1.29, 1.82) is 0 Å². The van der Waals surface area contributed by atoms with Gasteiger partial charge in [-0.1, -0.05) is 81.4 Å². The van der Waals surface area contributed by atoms with E-state index in [1.165, 1.54) is 5.56 Å². The standard InChI is InChI=1S/C29H28O3/c1-20-17-24(31-16-8-11-21-9-6-5-7-10-21)19-25-27(20)28(30)26(32-25)18-22-12-14-23(15-13-22)29(2,3)4/h5-15,17-19H,16H2,1-4H3/b11-8+,26-18-. The van der Waals surface area contributed by atoms with Crippen molar-refractivity contribution in [3.05, 3.63) is 106 Å². The van der Waals surface area contributed by atoms with Gasteiger partial charge in [0.2, 0.25) is 5.78 Å². The first-order chi connectivity index (χ1) is 15.3. The van der Waals surface area contributed by atoms with Gasteiger partial charge in [0.1, 0.15) is 18.1 Å². The van der Waals surface area contributed by atoms with E-state index in [0.29, 0.717) is 29.4 Å². The van der Waals surface area contributed by atoms with Crippen LogP contribution < -0.4 is 9.47 Å². The van der Waals surface area contributed by atoms with Crippen LogP contribution in [-0.4, -0.2) is 12.4 Å². The van der Waals surface area contributed by atoms with E-state index in [2.05, 4.69) is 32.9 Å². The van der Waals surface area contributed by atoms with E-state index in [1.807, 2.05) is 67.6 Å². The van der Waals surface area contributed by atoms with E-state index >= 15 is 0 Å². The maximum Gasteiger partial charge on any atom is 0.232 e. The third-order valence-corrected chi connectivity index (χ3v) is 5.47. The quantitative estimate of drug-likeness (QED) is 0.414. The Morgan fingerprint density at radius 1 is 0.938 bits per heavy atom. The number of carbonyl (C=O) groups excluding carboxylic acids is 1. The fourth-order valence-corrected chi connectivity index (χ4v) is 3.68. The molecule has 3 aromatic carbocycles. The number of hydrogen-bond donors (Lipinski definition) is 0. The van der Waals surface area contributed by atoms with Crippen molar-refractivity contribution in [2.75, 3.05) is 6.61 Å². The van der Waals surface area contributed by atoms with Crippen LogP contribution in [0.5, 0.6) is 11.5 Å². The lowest BCUT2D eigenvalue weighted by Crippen LogP contribution is -2.10. The first-order valence-corrected chi connectivity index (χ1v) is 10.8. The molecule has 0 fully saturated rings. The fraction of sp³-hybridized carbons (Fsp3) is 0.207. The molecule has 0 spiro atoms. The van der Waals surface area contributed by atoms with Gasteiger partial charge in [-0.2, -0.15) is 0 Å². The molecule has 3 nitrogen and oxygen atoms in total. The Labute approximate surface area is 190 Å². The predicted molar refractivity (Wildman–Crippen MR) is 130 cm³/mol. The van der Waals surface area contributed by atoms with Crippen molar-refractivity contribution < 1.29 is 14.3 Å². The second-order valence-electron chi connectivity index (χ2n) is 9.05. The van der Waals surface area contributed by atoms with E-state index in [9.17, 15) is 4.79 Å². The van der Waals surface area contributed by atoms with Crippen LogP contribution >= 0.6 is 0 Å². The Balaban J connectivity index is 1.48. The Hall–Kier alpha value is -3.59. The molecule has 0 aliphatic carbocycles. The molecule has 0 atom stereocenters. The zero-order chi connectivity index (χ0) is 22.7. The van der Waals surface area contributed by atoms with Crippen LogP contribution in [0.2, 0.25) is 0 Å².